The van der Waals surface area contributed by atoms with Gasteiger partial charge in [0.2, 0.25) is 0 Å². The van der Waals surface area contributed by atoms with E-state index >= 15 is 0 Å². The molecule has 0 saturated heterocycles. The molecule has 1 unspecified atom stereocenters. The first-order chi connectivity index (χ1) is 13.1. The van der Waals surface area contributed by atoms with Gasteiger partial charge < -0.3 is 15.5 Å². The summed E-state index contributed by atoms with van der Waals surface area (Å²) in [7, 11) is 0. The Morgan fingerprint density at radius 2 is 1.44 bits per heavy atom. The molecule has 0 spiro atoms. The number of rotatable bonds is 6. The quantitative estimate of drug-likeness (QED) is 0.448. The maximum absolute atomic E-state index is 9.75. The fourth-order valence-electron chi connectivity index (χ4n) is 3.86. The van der Waals surface area contributed by atoms with Crippen molar-refractivity contribution < 1.29 is 10.2 Å². The lowest BCUT2D eigenvalue weighted by molar-refractivity contribution is 0.137. The molecule has 0 saturated carbocycles. The minimum Gasteiger partial charge on any atom is -0.396 e. The average molecular weight is 359 g/mol. The van der Waals surface area contributed by atoms with E-state index in [4.69, 9.17) is 0 Å². The van der Waals surface area contributed by atoms with Gasteiger partial charge in [0.15, 0.2) is 0 Å². The van der Waals surface area contributed by atoms with Crippen molar-refractivity contribution in [1.82, 2.24) is 5.32 Å². The average Bonchev–Trinajstić information content (AvgIpc) is 2.72. The number of hydrogen-bond acceptors (Lipinski definition) is 3. The summed E-state index contributed by atoms with van der Waals surface area (Å²) in [4.78, 5) is 0. The predicted molar refractivity (Wildman–Crippen MR) is 113 cm³/mol. The molecule has 0 radical (unpaired) electrons. The van der Waals surface area contributed by atoms with E-state index in [1.165, 1.54) is 37.9 Å². The molecule has 1 atom stereocenters. The summed E-state index contributed by atoms with van der Waals surface area (Å²) in [6, 6.07) is 23.6. The molecule has 0 aliphatic carbocycles. The van der Waals surface area contributed by atoms with Crippen LogP contribution in [0.2, 0.25) is 0 Å². The number of hydrogen-bond donors (Lipinski definition) is 3. The van der Waals surface area contributed by atoms with Crippen molar-refractivity contribution in [2.45, 2.75) is 25.4 Å². The first-order valence-electron chi connectivity index (χ1n) is 9.44. The van der Waals surface area contributed by atoms with Crippen molar-refractivity contribution in [3.63, 3.8) is 0 Å². The molecule has 138 valence electrons. The normalized spacial score (nSPS) is 14.0. The summed E-state index contributed by atoms with van der Waals surface area (Å²) in [6.45, 7) is 2.62. The van der Waals surface area contributed by atoms with Gasteiger partial charge in [-0.05, 0) is 57.3 Å². The molecule has 4 rings (SSSR count). The van der Waals surface area contributed by atoms with Gasteiger partial charge in [0.05, 0.1) is 6.61 Å². The fourth-order valence-corrected chi connectivity index (χ4v) is 3.86. The van der Waals surface area contributed by atoms with E-state index in [0.717, 1.165) is 0 Å². The minimum absolute atomic E-state index is 0.0119. The lowest BCUT2D eigenvalue weighted by Crippen LogP contribution is -2.46. The zero-order valence-corrected chi connectivity index (χ0v) is 15.6. The summed E-state index contributed by atoms with van der Waals surface area (Å²) < 4.78 is 0. The molecule has 0 heterocycles. The summed E-state index contributed by atoms with van der Waals surface area (Å²) in [5.41, 5.74) is 0.705. The monoisotopic (exact) mass is 359 g/mol. The molecular weight excluding hydrogens is 334 g/mol. The van der Waals surface area contributed by atoms with Crippen molar-refractivity contribution in [2.24, 2.45) is 0 Å². The van der Waals surface area contributed by atoms with Gasteiger partial charge in [-0.3, -0.25) is 0 Å². The Morgan fingerprint density at radius 3 is 2.19 bits per heavy atom. The lowest BCUT2D eigenvalue weighted by atomic mass is 9.93. The Balaban J connectivity index is 1.89. The zero-order chi connectivity index (χ0) is 18.9. The molecule has 3 heteroatoms. The maximum atomic E-state index is 9.75. The molecular formula is C24H25NO2. The predicted octanol–water partition coefficient (Wildman–Crippen LogP) is 4.37. The molecule has 3 nitrogen and oxygen atoms in total. The van der Waals surface area contributed by atoms with Crippen LogP contribution < -0.4 is 5.32 Å². The van der Waals surface area contributed by atoms with Crippen LogP contribution in [0, 0.1) is 0 Å². The second-order valence-electron chi connectivity index (χ2n) is 7.51. The standard InChI is InChI=1S/C24H25NO2/c1-24(16-27,12-13-26)25-15-18-14-23-19-7-3-2-6-17(19)10-11-22(23)21-9-5-4-8-20(18)21/h2-11,14,25-27H,12-13,15-16H2,1H3. The first kappa shape index (κ1) is 17.9. The van der Waals surface area contributed by atoms with Crippen LogP contribution in [-0.4, -0.2) is 29.0 Å². The van der Waals surface area contributed by atoms with Gasteiger partial charge in [-0.1, -0.05) is 60.7 Å². The third-order valence-electron chi connectivity index (χ3n) is 5.57. The summed E-state index contributed by atoms with van der Waals surface area (Å²) in [6.07, 6.45) is 0.512. The smallest absolute Gasteiger partial charge is 0.0611 e. The second-order valence-corrected chi connectivity index (χ2v) is 7.51. The minimum atomic E-state index is -0.496. The van der Waals surface area contributed by atoms with Gasteiger partial charge >= 0.3 is 0 Å². The van der Waals surface area contributed by atoms with Gasteiger partial charge in [-0.15, -0.1) is 0 Å². The van der Waals surface area contributed by atoms with E-state index in [1.54, 1.807) is 0 Å². The number of benzene rings is 4. The van der Waals surface area contributed by atoms with E-state index in [1.807, 2.05) is 6.92 Å². The molecule has 0 amide bonds. The molecule has 27 heavy (non-hydrogen) atoms. The van der Waals surface area contributed by atoms with Crippen LogP contribution in [0.25, 0.3) is 32.3 Å². The van der Waals surface area contributed by atoms with Crippen LogP contribution in [0.5, 0.6) is 0 Å². The Morgan fingerprint density at radius 1 is 0.778 bits per heavy atom. The van der Waals surface area contributed by atoms with Gasteiger partial charge in [-0.2, -0.15) is 0 Å². The third-order valence-corrected chi connectivity index (χ3v) is 5.57. The SMILES string of the molecule is CC(CO)(CCO)NCc1cc2c3ccccc3ccc2c2ccccc12. The molecule has 3 N–H and O–H groups in total. The van der Waals surface area contributed by atoms with Crippen molar-refractivity contribution >= 4 is 32.3 Å². The molecule has 0 aliphatic heterocycles. The summed E-state index contributed by atoms with van der Waals surface area (Å²) in [5, 5.41) is 30.0. The highest BCUT2D eigenvalue weighted by Gasteiger charge is 2.22. The Bertz CT molecular complexity index is 1110. The Kier molecular flexibility index (Phi) is 4.83. The lowest BCUT2D eigenvalue weighted by Gasteiger charge is -2.28. The molecule has 0 bridgehead atoms. The van der Waals surface area contributed by atoms with Crippen LogP contribution in [0.3, 0.4) is 0 Å². The van der Waals surface area contributed by atoms with E-state index in [2.05, 4.69) is 72.0 Å². The van der Waals surface area contributed by atoms with Gasteiger partial charge in [-0.25, -0.2) is 0 Å². The van der Waals surface area contributed by atoms with Crippen molar-refractivity contribution in [1.29, 1.82) is 0 Å². The highest BCUT2D eigenvalue weighted by atomic mass is 16.3. The van der Waals surface area contributed by atoms with Crippen molar-refractivity contribution in [2.75, 3.05) is 13.2 Å². The highest BCUT2D eigenvalue weighted by molar-refractivity contribution is 6.18. The van der Waals surface area contributed by atoms with E-state index in [9.17, 15) is 10.2 Å². The molecule has 4 aromatic carbocycles. The summed E-state index contributed by atoms with van der Waals surface area (Å²) >= 11 is 0. The fraction of sp³-hybridized carbons (Fsp3) is 0.250. The Hall–Kier alpha value is -2.46. The van der Waals surface area contributed by atoms with Crippen LogP contribution in [0.1, 0.15) is 18.9 Å². The van der Waals surface area contributed by atoms with Crippen molar-refractivity contribution in [3.8, 4) is 0 Å². The van der Waals surface area contributed by atoms with Gasteiger partial charge in [0, 0.05) is 18.7 Å². The van der Waals surface area contributed by atoms with E-state index in [0.29, 0.717) is 13.0 Å². The first-order valence-corrected chi connectivity index (χ1v) is 9.44. The van der Waals surface area contributed by atoms with E-state index < -0.39 is 5.54 Å². The molecule has 0 fully saturated rings. The van der Waals surface area contributed by atoms with Crippen LogP contribution in [-0.2, 0) is 6.54 Å². The molecule has 0 aliphatic rings. The number of fused-ring (bicyclic) bond motifs is 5. The van der Waals surface area contributed by atoms with Crippen LogP contribution in [0.15, 0.2) is 66.7 Å². The topological polar surface area (TPSA) is 52.5 Å². The maximum Gasteiger partial charge on any atom is 0.0611 e. The van der Waals surface area contributed by atoms with Gasteiger partial charge in [0.25, 0.3) is 0 Å². The second kappa shape index (κ2) is 7.28. The highest BCUT2D eigenvalue weighted by Crippen LogP contribution is 2.33. The Labute approximate surface area is 159 Å². The summed E-state index contributed by atoms with van der Waals surface area (Å²) in [5.74, 6) is 0. The van der Waals surface area contributed by atoms with Crippen molar-refractivity contribution in [3.05, 3.63) is 72.3 Å². The van der Waals surface area contributed by atoms with Crippen LogP contribution >= 0.6 is 0 Å². The number of aliphatic hydroxyl groups is 2. The van der Waals surface area contributed by atoms with E-state index in [-0.39, 0.29) is 13.2 Å². The molecule has 0 aromatic heterocycles. The molecule has 4 aromatic rings. The largest absolute Gasteiger partial charge is 0.396 e. The zero-order valence-electron chi connectivity index (χ0n) is 15.6. The number of nitrogens with one attached hydrogen (secondary N) is 1. The van der Waals surface area contributed by atoms with Crippen LogP contribution in [0.4, 0.5) is 0 Å². The third kappa shape index (κ3) is 3.30. The number of aliphatic hydroxyl groups excluding tert-OH is 2. The van der Waals surface area contributed by atoms with Gasteiger partial charge in [0.1, 0.15) is 0 Å².